The summed E-state index contributed by atoms with van der Waals surface area (Å²) in [4.78, 5) is 25.1. The number of benzene rings is 2. The highest BCUT2D eigenvalue weighted by Crippen LogP contribution is 2.29. The molecule has 152 valence electrons. The Labute approximate surface area is 171 Å². The lowest BCUT2D eigenvalue weighted by Crippen LogP contribution is -2.45. The number of carbonyl (C=O) groups is 2. The summed E-state index contributed by atoms with van der Waals surface area (Å²) in [6, 6.07) is 14.3. The Morgan fingerprint density at radius 3 is 2.34 bits per heavy atom. The lowest BCUT2D eigenvalue weighted by atomic mass is 9.92. The Bertz CT molecular complexity index is 915. The van der Waals surface area contributed by atoms with Crippen LogP contribution in [0.4, 0.5) is 10.5 Å². The molecule has 0 fully saturated rings. The van der Waals surface area contributed by atoms with E-state index in [0.717, 1.165) is 11.3 Å². The van der Waals surface area contributed by atoms with Crippen molar-refractivity contribution >= 4 is 17.6 Å². The number of amides is 3. The average Bonchev–Trinajstić information content (AvgIpc) is 2.69. The molecule has 0 aliphatic carbocycles. The Morgan fingerprint density at radius 1 is 1.10 bits per heavy atom. The highest BCUT2D eigenvalue weighted by molar-refractivity contribution is 6.06. The van der Waals surface area contributed by atoms with Crippen LogP contribution in [-0.4, -0.2) is 18.5 Å². The number of allylic oxidation sites excluding steroid dienone is 1. The van der Waals surface area contributed by atoms with E-state index in [4.69, 9.17) is 4.74 Å². The van der Waals surface area contributed by atoms with Gasteiger partial charge in [-0.1, -0.05) is 38.1 Å². The monoisotopic (exact) mass is 393 g/mol. The van der Waals surface area contributed by atoms with Crippen LogP contribution in [0, 0.1) is 0 Å². The highest BCUT2D eigenvalue weighted by Gasteiger charge is 2.31. The molecule has 0 saturated carbocycles. The zero-order chi connectivity index (χ0) is 21.0. The summed E-state index contributed by atoms with van der Waals surface area (Å²) >= 11 is 0. The van der Waals surface area contributed by atoms with E-state index in [1.807, 2.05) is 43.3 Å². The second-order valence-electron chi connectivity index (χ2n) is 7.30. The number of hydrogen-bond donors (Lipinski definition) is 3. The Balaban J connectivity index is 1.85. The van der Waals surface area contributed by atoms with Gasteiger partial charge in [0.05, 0.1) is 18.2 Å². The summed E-state index contributed by atoms with van der Waals surface area (Å²) in [6.45, 7) is 8.49. The SMILES string of the molecule is CCOc1ccc(NC(=O)C2=C(C)NC(=O)NC2c2ccc(C(C)C)cc2)cc1. The molecule has 3 amide bonds. The minimum absolute atomic E-state index is 0.267. The van der Waals surface area contributed by atoms with Gasteiger partial charge >= 0.3 is 6.03 Å². The van der Waals surface area contributed by atoms with Crippen molar-refractivity contribution in [2.75, 3.05) is 11.9 Å². The number of carbonyl (C=O) groups excluding carboxylic acids is 2. The van der Waals surface area contributed by atoms with Gasteiger partial charge in [-0.2, -0.15) is 0 Å². The number of ether oxygens (including phenoxy) is 1. The molecule has 1 atom stereocenters. The first-order chi connectivity index (χ1) is 13.9. The van der Waals surface area contributed by atoms with Crippen molar-refractivity contribution in [3.05, 3.63) is 70.9 Å². The van der Waals surface area contributed by atoms with Crippen LogP contribution >= 0.6 is 0 Å². The van der Waals surface area contributed by atoms with Crippen LogP contribution in [0.2, 0.25) is 0 Å². The van der Waals surface area contributed by atoms with E-state index in [9.17, 15) is 9.59 Å². The molecule has 2 aromatic rings. The number of rotatable bonds is 6. The third-order valence-electron chi connectivity index (χ3n) is 4.87. The first-order valence-electron chi connectivity index (χ1n) is 9.81. The largest absolute Gasteiger partial charge is 0.494 e. The average molecular weight is 393 g/mol. The summed E-state index contributed by atoms with van der Waals surface area (Å²) in [5.74, 6) is 0.888. The maximum absolute atomic E-state index is 13.1. The molecular weight excluding hydrogens is 366 g/mol. The summed E-state index contributed by atoms with van der Waals surface area (Å²) < 4.78 is 5.43. The molecule has 1 unspecified atom stereocenters. The van der Waals surface area contributed by atoms with Gasteiger partial charge in [0, 0.05) is 11.4 Å². The zero-order valence-corrected chi connectivity index (χ0v) is 17.2. The van der Waals surface area contributed by atoms with Crippen molar-refractivity contribution < 1.29 is 14.3 Å². The topological polar surface area (TPSA) is 79.5 Å². The van der Waals surface area contributed by atoms with Crippen molar-refractivity contribution in [1.29, 1.82) is 0 Å². The summed E-state index contributed by atoms with van der Waals surface area (Å²) in [5.41, 5.74) is 3.74. The summed E-state index contributed by atoms with van der Waals surface area (Å²) in [7, 11) is 0. The van der Waals surface area contributed by atoms with Crippen molar-refractivity contribution in [3.8, 4) is 5.75 Å². The van der Waals surface area contributed by atoms with E-state index < -0.39 is 6.04 Å². The fourth-order valence-electron chi connectivity index (χ4n) is 3.32. The van der Waals surface area contributed by atoms with Crippen molar-refractivity contribution in [3.63, 3.8) is 0 Å². The maximum Gasteiger partial charge on any atom is 0.319 e. The fraction of sp³-hybridized carbons (Fsp3) is 0.304. The van der Waals surface area contributed by atoms with Crippen LogP contribution in [0.5, 0.6) is 5.75 Å². The van der Waals surface area contributed by atoms with E-state index in [1.54, 1.807) is 19.1 Å². The van der Waals surface area contributed by atoms with E-state index in [-0.39, 0.29) is 11.9 Å². The molecule has 0 saturated heterocycles. The van der Waals surface area contributed by atoms with Gasteiger partial charge in [-0.25, -0.2) is 4.79 Å². The van der Waals surface area contributed by atoms with E-state index in [1.165, 1.54) is 5.56 Å². The second kappa shape index (κ2) is 8.82. The molecule has 0 radical (unpaired) electrons. The third-order valence-corrected chi connectivity index (χ3v) is 4.87. The molecule has 1 aliphatic rings. The van der Waals surface area contributed by atoms with Gasteiger partial charge in [-0.15, -0.1) is 0 Å². The lowest BCUT2D eigenvalue weighted by molar-refractivity contribution is -0.113. The lowest BCUT2D eigenvalue weighted by Gasteiger charge is -2.29. The second-order valence-corrected chi connectivity index (χ2v) is 7.30. The number of anilines is 1. The van der Waals surface area contributed by atoms with Gasteiger partial charge in [0.25, 0.3) is 5.91 Å². The van der Waals surface area contributed by atoms with Crippen LogP contribution in [0.25, 0.3) is 0 Å². The highest BCUT2D eigenvalue weighted by atomic mass is 16.5. The molecular formula is C23H27N3O3. The molecule has 3 N–H and O–H groups in total. The smallest absolute Gasteiger partial charge is 0.319 e. The van der Waals surface area contributed by atoms with Gasteiger partial charge in [-0.3, -0.25) is 4.79 Å². The number of nitrogens with one attached hydrogen (secondary N) is 3. The van der Waals surface area contributed by atoms with Crippen LogP contribution in [0.15, 0.2) is 59.8 Å². The van der Waals surface area contributed by atoms with Crippen molar-refractivity contribution in [1.82, 2.24) is 10.6 Å². The quantitative estimate of drug-likeness (QED) is 0.677. The van der Waals surface area contributed by atoms with Gasteiger partial charge in [0.15, 0.2) is 0 Å². The first kappa shape index (κ1) is 20.5. The molecule has 1 aliphatic heterocycles. The summed E-state index contributed by atoms with van der Waals surface area (Å²) in [6.07, 6.45) is 0. The molecule has 1 heterocycles. The van der Waals surface area contributed by atoms with Crippen molar-refractivity contribution in [2.24, 2.45) is 0 Å². The van der Waals surface area contributed by atoms with Gasteiger partial charge in [0.1, 0.15) is 5.75 Å². The van der Waals surface area contributed by atoms with E-state index in [0.29, 0.717) is 29.5 Å². The fourth-order valence-corrected chi connectivity index (χ4v) is 3.32. The molecule has 0 bridgehead atoms. The Hall–Kier alpha value is -3.28. The minimum Gasteiger partial charge on any atom is -0.494 e. The minimum atomic E-state index is -0.521. The normalized spacial score (nSPS) is 16.3. The predicted molar refractivity (Wildman–Crippen MR) is 114 cm³/mol. The standard InChI is InChI=1S/C23H27N3O3/c1-5-29-19-12-10-18(11-13-19)25-22(27)20-15(4)24-23(28)26-21(20)17-8-6-16(7-9-17)14(2)3/h6-14,21H,5H2,1-4H3,(H,25,27)(H2,24,26,28). The van der Waals surface area contributed by atoms with Gasteiger partial charge in [0.2, 0.25) is 0 Å². The Kier molecular flexibility index (Phi) is 6.22. The van der Waals surface area contributed by atoms with E-state index >= 15 is 0 Å². The Morgan fingerprint density at radius 2 is 1.76 bits per heavy atom. The zero-order valence-electron chi connectivity index (χ0n) is 17.2. The molecule has 3 rings (SSSR count). The summed E-state index contributed by atoms with van der Waals surface area (Å²) in [5, 5.41) is 8.48. The van der Waals surface area contributed by atoms with Crippen LogP contribution in [0.3, 0.4) is 0 Å². The van der Waals surface area contributed by atoms with Gasteiger partial charge < -0.3 is 20.7 Å². The molecule has 29 heavy (non-hydrogen) atoms. The van der Waals surface area contributed by atoms with Crippen LogP contribution < -0.4 is 20.7 Å². The van der Waals surface area contributed by atoms with Crippen LogP contribution in [0.1, 0.15) is 50.8 Å². The third kappa shape index (κ3) is 4.77. The predicted octanol–water partition coefficient (Wildman–Crippen LogP) is 4.48. The first-order valence-corrected chi connectivity index (χ1v) is 9.81. The molecule has 6 heteroatoms. The van der Waals surface area contributed by atoms with Gasteiger partial charge in [-0.05, 0) is 55.2 Å². The van der Waals surface area contributed by atoms with Crippen LogP contribution in [-0.2, 0) is 4.79 Å². The molecule has 6 nitrogen and oxygen atoms in total. The molecule has 0 aromatic heterocycles. The molecule has 2 aromatic carbocycles. The maximum atomic E-state index is 13.1. The van der Waals surface area contributed by atoms with Crippen molar-refractivity contribution in [2.45, 2.75) is 39.7 Å². The van der Waals surface area contributed by atoms with E-state index in [2.05, 4.69) is 29.8 Å². The molecule has 0 spiro atoms. The number of hydrogen-bond acceptors (Lipinski definition) is 3. The number of urea groups is 1.